The maximum atomic E-state index is 10.7. The van der Waals surface area contributed by atoms with Crippen molar-refractivity contribution in [2.45, 2.75) is 59.0 Å². The van der Waals surface area contributed by atoms with Gasteiger partial charge >= 0.3 is 5.97 Å². The summed E-state index contributed by atoms with van der Waals surface area (Å²) in [5.41, 5.74) is 1.31. The van der Waals surface area contributed by atoms with E-state index in [-0.39, 0.29) is 5.97 Å². The van der Waals surface area contributed by atoms with E-state index in [0.717, 1.165) is 24.8 Å². The predicted octanol–water partition coefficient (Wildman–Crippen LogP) is 3.39. The molecule has 1 N–H and O–H groups in total. The van der Waals surface area contributed by atoms with E-state index in [2.05, 4.69) is 25.0 Å². The lowest BCUT2D eigenvalue weighted by molar-refractivity contribution is -0.139. The first-order valence-electron chi connectivity index (χ1n) is 6.91. The van der Waals surface area contributed by atoms with Crippen LogP contribution in [0.2, 0.25) is 0 Å². The molecule has 0 aromatic rings. The molecular formula is C17H26O3. The molecule has 1 atom stereocenters. The quantitative estimate of drug-likeness (QED) is 0.420. The molecule has 112 valence electrons. The van der Waals surface area contributed by atoms with Crippen LogP contribution >= 0.6 is 0 Å². The fraction of sp³-hybridized carbons (Fsp3) is 0.588. The minimum atomic E-state index is -1.02. The summed E-state index contributed by atoms with van der Waals surface area (Å²) in [6.45, 7) is 7.44. The first-order valence-corrected chi connectivity index (χ1v) is 6.91. The third-order valence-corrected chi connectivity index (χ3v) is 2.97. The maximum Gasteiger partial charge on any atom is 0.302 e. The van der Waals surface area contributed by atoms with Gasteiger partial charge in [-0.25, -0.2) is 0 Å². The molecule has 0 aliphatic rings. The fourth-order valence-corrected chi connectivity index (χ4v) is 1.59. The Morgan fingerprint density at radius 2 is 1.85 bits per heavy atom. The summed E-state index contributed by atoms with van der Waals surface area (Å²) in [5, 5.41) is 9.67. The number of allylic oxidation sites excluding steroid dienone is 3. The first-order chi connectivity index (χ1) is 9.26. The van der Waals surface area contributed by atoms with Gasteiger partial charge in [-0.3, -0.25) is 4.79 Å². The molecule has 0 aromatic carbocycles. The number of terminal acetylenes is 1. The number of ether oxygens (including phenoxy) is 1. The monoisotopic (exact) mass is 278 g/mol. The topological polar surface area (TPSA) is 46.5 Å². The molecule has 3 nitrogen and oxygen atoms in total. The van der Waals surface area contributed by atoms with Crippen LogP contribution in [-0.2, 0) is 9.53 Å². The summed E-state index contributed by atoms with van der Waals surface area (Å²) < 4.78 is 4.91. The Kier molecular flexibility index (Phi) is 8.67. The smallest absolute Gasteiger partial charge is 0.302 e. The molecule has 0 radical (unpaired) electrons. The first kappa shape index (κ1) is 18.5. The molecule has 20 heavy (non-hydrogen) atoms. The van der Waals surface area contributed by atoms with Crippen LogP contribution in [0.5, 0.6) is 0 Å². The molecule has 3 heteroatoms. The third-order valence-electron chi connectivity index (χ3n) is 2.97. The summed E-state index contributed by atoms with van der Waals surface area (Å²) in [6.07, 6.45) is 12.6. The van der Waals surface area contributed by atoms with Crippen molar-refractivity contribution in [1.82, 2.24) is 0 Å². The number of esters is 1. The average molecular weight is 278 g/mol. The van der Waals surface area contributed by atoms with E-state index >= 15 is 0 Å². The Labute approximate surface area is 122 Å². The van der Waals surface area contributed by atoms with Crippen molar-refractivity contribution in [3.05, 3.63) is 23.3 Å². The summed E-state index contributed by atoms with van der Waals surface area (Å²) in [4.78, 5) is 10.7. The minimum Gasteiger partial charge on any atom is -0.461 e. The molecule has 0 rings (SSSR count). The fourth-order valence-electron chi connectivity index (χ4n) is 1.59. The number of hydrogen-bond acceptors (Lipinski definition) is 3. The molecular weight excluding hydrogens is 252 g/mol. The normalized spacial score (nSPS) is 15.4. The Morgan fingerprint density at radius 1 is 1.25 bits per heavy atom. The summed E-state index contributed by atoms with van der Waals surface area (Å²) in [7, 11) is 0. The number of carbonyl (C=O) groups excluding carboxylic acids is 1. The van der Waals surface area contributed by atoms with E-state index in [4.69, 9.17) is 11.2 Å². The van der Waals surface area contributed by atoms with Crippen LogP contribution in [0.4, 0.5) is 0 Å². The second-order valence-electron chi connectivity index (χ2n) is 5.38. The van der Waals surface area contributed by atoms with E-state index in [1.165, 1.54) is 12.5 Å². The van der Waals surface area contributed by atoms with E-state index in [1.807, 2.05) is 6.92 Å². The molecule has 0 aromatic heterocycles. The van der Waals surface area contributed by atoms with Gasteiger partial charge in [-0.05, 0) is 52.0 Å². The van der Waals surface area contributed by atoms with E-state index < -0.39 is 5.60 Å². The average Bonchev–Trinajstić information content (AvgIpc) is 2.36. The molecule has 0 saturated heterocycles. The Balaban J connectivity index is 3.98. The van der Waals surface area contributed by atoms with E-state index in [0.29, 0.717) is 13.0 Å². The number of aliphatic hydroxyl groups is 1. The van der Waals surface area contributed by atoms with Crippen LogP contribution in [0.3, 0.4) is 0 Å². The molecule has 1 unspecified atom stereocenters. The van der Waals surface area contributed by atoms with Crippen LogP contribution in [0, 0.1) is 12.3 Å². The zero-order valence-electron chi connectivity index (χ0n) is 13.0. The highest BCUT2D eigenvalue weighted by Crippen LogP contribution is 2.14. The third kappa shape index (κ3) is 10.4. The van der Waals surface area contributed by atoms with Crippen molar-refractivity contribution in [2.75, 3.05) is 6.61 Å². The van der Waals surface area contributed by atoms with Crippen molar-refractivity contribution in [2.24, 2.45) is 0 Å². The van der Waals surface area contributed by atoms with Crippen LogP contribution in [0.25, 0.3) is 0 Å². The zero-order valence-corrected chi connectivity index (χ0v) is 13.0. The van der Waals surface area contributed by atoms with Crippen molar-refractivity contribution < 1.29 is 14.6 Å². The molecule has 0 aliphatic heterocycles. The van der Waals surface area contributed by atoms with Gasteiger partial charge in [0.05, 0.1) is 0 Å². The predicted molar refractivity (Wildman–Crippen MR) is 82.1 cm³/mol. The van der Waals surface area contributed by atoms with Gasteiger partial charge in [0.2, 0.25) is 0 Å². The SMILES string of the molecule is C#CC(C)(O)CC/C=C(\C)CC/C=C(\C)COC(C)=O. The highest BCUT2D eigenvalue weighted by Gasteiger charge is 2.14. The highest BCUT2D eigenvalue weighted by molar-refractivity contribution is 5.66. The van der Waals surface area contributed by atoms with Gasteiger partial charge in [-0.15, -0.1) is 6.42 Å². The number of hydrogen-bond donors (Lipinski definition) is 1. The summed E-state index contributed by atoms with van der Waals surface area (Å²) >= 11 is 0. The highest BCUT2D eigenvalue weighted by atomic mass is 16.5. The lowest BCUT2D eigenvalue weighted by atomic mass is 10.00. The Bertz CT molecular complexity index is 408. The largest absolute Gasteiger partial charge is 0.461 e. The van der Waals surface area contributed by atoms with Crippen molar-refractivity contribution in [1.29, 1.82) is 0 Å². The van der Waals surface area contributed by atoms with Crippen LogP contribution in [-0.4, -0.2) is 23.3 Å². The van der Waals surface area contributed by atoms with Gasteiger partial charge in [-0.1, -0.05) is 23.6 Å². The zero-order chi connectivity index (χ0) is 15.6. The molecule has 0 aliphatic carbocycles. The number of carbonyl (C=O) groups is 1. The lowest BCUT2D eigenvalue weighted by Crippen LogP contribution is -2.20. The van der Waals surface area contributed by atoms with Crippen LogP contribution < -0.4 is 0 Å². The van der Waals surface area contributed by atoms with Gasteiger partial charge in [0.1, 0.15) is 12.2 Å². The van der Waals surface area contributed by atoms with Crippen molar-refractivity contribution in [3.63, 3.8) is 0 Å². The summed E-state index contributed by atoms with van der Waals surface area (Å²) in [6, 6.07) is 0. The van der Waals surface area contributed by atoms with Gasteiger partial charge in [-0.2, -0.15) is 0 Å². The molecule has 0 saturated carbocycles. The molecule has 0 bridgehead atoms. The minimum absolute atomic E-state index is 0.255. The Hall–Kier alpha value is -1.53. The van der Waals surface area contributed by atoms with E-state index in [1.54, 1.807) is 6.92 Å². The summed E-state index contributed by atoms with van der Waals surface area (Å²) in [5.74, 6) is 2.12. The van der Waals surface area contributed by atoms with Gasteiger partial charge in [0.15, 0.2) is 0 Å². The second-order valence-corrected chi connectivity index (χ2v) is 5.38. The molecule has 0 spiro atoms. The molecule has 0 heterocycles. The number of rotatable bonds is 8. The van der Waals surface area contributed by atoms with Gasteiger partial charge in [0.25, 0.3) is 0 Å². The standard InChI is InChI=1S/C17H26O3/c1-6-17(5,19)12-8-11-14(2)9-7-10-15(3)13-20-16(4)18/h1,10-11,19H,7-9,12-13H2,2-5H3/b14-11+,15-10+. The van der Waals surface area contributed by atoms with E-state index in [9.17, 15) is 9.90 Å². The maximum absolute atomic E-state index is 10.7. The van der Waals surface area contributed by atoms with Crippen molar-refractivity contribution in [3.8, 4) is 12.3 Å². The molecule has 0 fully saturated rings. The van der Waals surface area contributed by atoms with Crippen molar-refractivity contribution >= 4 is 5.97 Å². The lowest BCUT2D eigenvalue weighted by Gasteiger charge is -2.14. The van der Waals surface area contributed by atoms with Crippen LogP contribution in [0.15, 0.2) is 23.3 Å². The van der Waals surface area contributed by atoms with Crippen LogP contribution in [0.1, 0.15) is 53.4 Å². The molecule has 0 amide bonds. The second kappa shape index (κ2) is 9.39. The Morgan fingerprint density at radius 3 is 2.40 bits per heavy atom. The van der Waals surface area contributed by atoms with Gasteiger partial charge < -0.3 is 9.84 Å². The van der Waals surface area contributed by atoms with Gasteiger partial charge in [0, 0.05) is 6.92 Å².